The van der Waals surface area contributed by atoms with Gasteiger partial charge in [0.25, 0.3) is 0 Å². The monoisotopic (exact) mass is 329 g/mol. The first-order valence-corrected chi connectivity index (χ1v) is 7.17. The second kappa shape index (κ2) is 5.86. The maximum absolute atomic E-state index is 12.8. The smallest absolute Gasteiger partial charge is 0.123 e. The zero-order valence-corrected chi connectivity index (χ0v) is 12.2. The van der Waals surface area contributed by atoms with Gasteiger partial charge in [-0.1, -0.05) is 0 Å². The fraction of sp³-hybridized carbons (Fsp3) is 0.250. The number of nitrogens with zero attached hydrogens (tertiary/aromatic N) is 2. The Morgan fingerprint density at radius 3 is 2.67 bits per heavy atom. The quantitative estimate of drug-likeness (QED) is 0.876. The van der Waals surface area contributed by atoms with E-state index in [-0.39, 0.29) is 11.9 Å². The molecule has 6 heteroatoms. The largest absolute Gasteiger partial charge is 0.322 e. The number of halogens is 2. The van der Waals surface area contributed by atoms with E-state index < -0.39 is 0 Å². The number of benzene rings is 1. The van der Waals surface area contributed by atoms with Crippen LogP contribution in [-0.4, -0.2) is 15.5 Å². The van der Waals surface area contributed by atoms with E-state index in [1.165, 1.54) is 12.1 Å². The fourth-order valence-corrected chi connectivity index (χ4v) is 3.13. The average Bonchev–Trinajstić information content (AvgIpc) is 2.68. The van der Waals surface area contributed by atoms with Crippen molar-refractivity contribution in [2.24, 2.45) is 12.8 Å². The van der Waals surface area contributed by atoms with Gasteiger partial charge in [-0.15, -0.1) is 11.8 Å². The summed E-state index contributed by atoms with van der Waals surface area (Å²) in [5.74, 6) is 0.488. The molecule has 2 N–H and O–H groups in total. The number of aromatic nitrogens is 2. The fourth-order valence-electron chi connectivity index (χ4n) is 1.63. The van der Waals surface area contributed by atoms with E-state index in [1.54, 1.807) is 34.8 Å². The van der Waals surface area contributed by atoms with Crippen LogP contribution in [0, 0.1) is 5.82 Å². The normalized spacial score (nSPS) is 12.7. The molecule has 0 amide bonds. The molecule has 3 nitrogen and oxygen atoms in total. The second-order valence-electron chi connectivity index (χ2n) is 3.87. The molecule has 96 valence electrons. The molecular weight excluding hydrogens is 317 g/mol. The predicted molar refractivity (Wildman–Crippen MR) is 75.0 cm³/mol. The van der Waals surface area contributed by atoms with Crippen LogP contribution >= 0.6 is 27.7 Å². The van der Waals surface area contributed by atoms with Crippen molar-refractivity contribution in [1.82, 2.24) is 9.78 Å². The minimum atomic E-state index is -0.224. The highest BCUT2D eigenvalue weighted by Gasteiger charge is 2.14. The molecular formula is C12H13BrFN3S. The van der Waals surface area contributed by atoms with E-state index in [2.05, 4.69) is 21.0 Å². The van der Waals surface area contributed by atoms with Gasteiger partial charge in [-0.2, -0.15) is 5.10 Å². The third-order valence-corrected chi connectivity index (χ3v) is 4.27. The van der Waals surface area contributed by atoms with Gasteiger partial charge < -0.3 is 5.73 Å². The van der Waals surface area contributed by atoms with Gasteiger partial charge in [-0.25, -0.2) is 4.39 Å². The van der Waals surface area contributed by atoms with Crippen molar-refractivity contribution in [2.75, 3.05) is 5.75 Å². The molecule has 1 aromatic heterocycles. The third kappa shape index (κ3) is 3.13. The van der Waals surface area contributed by atoms with Crippen LogP contribution in [0.15, 0.2) is 39.8 Å². The van der Waals surface area contributed by atoms with Gasteiger partial charge in [-0.05, 0) is 40.2 Å². The first-order valence-electron chi connectivity index (χ1n) is 5.39. The molecule has 0 saturated carbocycles. The van der Waals surface area contributed by atoms with Crippen LogP contribution in [0.3, 0.4) is 0 Å². The number of hydrogen-bond acceptors (Lipinski definition) is 3. The molecule has 0 aliphatic rings. The maximum Gasteiger partial charge on any atom is 0.123 e. The summed E-state index contributed by atoms with van der Waals surface area (Å²) in [6.45, 7) is 0. The SMILES string of the molecule is Cn1ncc(Br)c1C(N)CSc1ccc(F)cc1. The van der Waals surface area contributed by atoms with Crippen LogP contribution in [0.5, 0.6) is 0 Å². The molecule has 1 unspecified atom stereocenters. The van der Waals surface area contributed by atoms with Crippen molar-refractivity contribution in [2.45, 2.75) is 10.9 Å². The lowest BCUT2D eigenvalue weighted by atomic mass is 10.2. The van der Waals surface area contributed by atoms with Crippen molar-refractivity contribution in [3.63, 3.8) is 0 Å². The third-order valence-electron chi connectivity index (χ3n) is 2.53. The summed E-state index contributed by atoms with van der Waals surface area (Å²) in [4.78, 5) is 1.00. The van der Waals surface area contributed by atoms with Gasteiger partial charge in [0.2, 0.25) is 0 Å². The predicted octanol–water partition coefficient (Wildman–Crippen LogP) is 3.11. The van der Waals surface area contributed by atoms with Crippen molar-refractivity contribution in [1.29, 1.82) is 0 Å². The van der Waals surface area contributed by atoms with Gasteiger partial charge in [-0.3, -0.25) is 4.68 Å². The van der Waals surface area contributed by atoms with Crippen LogP contribution in [0.1, 0.15) is 11.7 Å². The van der Waals surface area contributed by atoms with Crippen LogP contribution in [0.2, 0.25) is 0 Å². The summed E-state index contributed by atoms with van der Waals surface area (Å²) in [7, 11) is 1.86. The van der Waals surface area contributed by atoms with E-state index in [0.29, 0.717) is 5.75 Å². The molecule has 1 aromatic carbocycles. The lowest BCUT2D eigenvalue weighted by molar-refractivity contribution is 0.626. The standard InChI is InChI=1S/C12H13BrFN3S/c1-17-12(10(13)6-16-17)11(15)7-18-9-4-2-8(14)3-5-9/h2-6,11H,7,15H2,1H3. The van der Waals surface area contributed by atoms with Crippen molar-refractivity contribution in [3.05, 3.63) is 46.4 Å². The first kappa shape index (κ1) is 13.6. The van der Waals surface area contributed by atoms with Crippen LogP contribution < -0.4 is 5.73 Å². The van der Waals surface area contributed by atoms with Gasteiger partial charge in [0, 0.05) is 17.7 Å². The summed E-state index contributed by atoms with van der Waals surface area (Å²) in [6, 6.07) is 6.29. The lowest BCUT2D eigenvalue weighted by Gasteiger charge is -2.12. The van der Waals surface area contributed by atoms with Crippen LogP contribution in [0.4, 0.5) is 4.39 Å². The highest BCUT2D eigenvalue weighted by atomic mass is 79.9. The number of thioether (sulfide) groups is 1. The molecule has 0 saturated heterocycles. The van der Waals surface area contributed by atoms with Crippen molar-refractivity contribution in [3.8, 4) is 0 Å². The molecule has 2 rings (SSSR count). The Hall–Kier alpha value is -0.850. The summed E-state index contributed by atoms with van der Waals surface area (Å²) in [6.07, 6.45) is 1.73. The molecule has 1 heterocycles. The number of nitrogens with two attached hydrogens (primary N) is 1. The zero-order valence-electron chi connectivity index (χ0n) is 9.81. The van der Waals surface area contributed by atoms with E-state index >= 15 is 0 Å². The summed E-state index contributed by atoms with van der Waals surface area (Å²) in [5.41, 5.74) is 7.10. The topological polar surface area (TPSA) is 43.8 Å². The molecule has 1 atom stereocenters. The van der Waals surface area contributed by atoms with Gasteiger partial charge in [0.05, 0.1) is 22.4 Å². The molecule has 0 aliphatic heterocycles. The van der Waals surface area contributed by atoms with E-state index in [0.717, 1.165) is 15.1 Å². The van der Waals surface area contributed by atoms with Gasteiger partial charge in [0.1, 0.15) is 5.82 Å². The summed E-state index contributed by atoms with van der Waals surface area (Å²) in [5, 5.41) is 4.13. The number of hydrogen-bond donors (Lipinski definition) is 1. The minimum Gasteiger partial charge on any atom is -0.322 e. The van der Waals surface area contributed by atoms with Gasteiger partial charge in [0.15, 0.2) is 0 Å². The molecule has 2 aromatic rings. The molecule has 0 radical (unpaired) electrons. The number of rotatable bonds is 4. The minimum absolute atomic E-state index is 0.123. The molecule has 0 bridgehead atoms. The van der Waals surface area contributed by atoms with E-state index in [1.807, 2.05) is 7.05 Å². The second-order valence-corrected chi connectivity index (χ2v) is 5.82. The van der Waals surface area contributed by atoms with E-state index in [9.17, 15) is 4.39 Å². The summed E-state index contributed by atoms with van der Waals surface area (Å²) >= 11 is 5.03. The maximum atomic E-state index is 12.8. The Kier molecular flexibility index (Phi) is 4.42. The highest BCUT2D eigenvalue weighted by Crippen LogP contribution is 2.27. The molecule has 0 spiro atoms. The lowest BCUT2D eigenvalue weighted by Crippen LogP contribution is -2.17. The van der Waals surface area contributed by atoms with E-state index in [4.69, 9.17) is 5.73 Å². The first-order chi connectivity index (χ1) is 8.58. The Balaban J connectivity index is 2.00. The molecule has 0 fully saturated rings. The Labute approximate surface area is 118 Å². The Morgan fingerprint density at radius 2 is 2.11 bits per heavy atom. The Morgan fingerprint density at radius 1 is 1.44 bits per heavy atom. The molecule has 0 aliphatic carbocycles. The van der Waals surface area contributed by atoms with Crippen LogP contribution in [0.25, 0.3) is 0 Å². The summed E-state index contributed by atoms with van der Waals surface area (Å²) < 4.78 is 15.4. The average molecular weight is 330 g/mol. The number of aryl methyl sites for hydroxylation is 1. The van der Waals surface area contributed by atoms with Crippen molar-refractivity contribution >= 4 is 27.7 Å². The highest BCUT2D eigenvalue weighted by molar-refractivity contribution is 9.10. The zero-order chi connectivity index (χ0) is 13.1. The Bertz CT molecular complexity index is 507. The molecule has 18 heavy (non-hydrogen) atoms. The van der Waals surface area contributed by atoms with Crippen LogP contribution in [-0.2, 0) is 7.05 Å². The van der Waals surface area contributed by atoms with Gasteiger partial charge >= 0.3 is 0 Å². The van der Waals surface area contributed by atoms with Crippen molar-refractivity contribution < 1.29 is 4.39 Å².